The average molecular weight is 334 g/mol. The van der Waals surface area contributed by atoms with Crippen molar-refractivity contribution in [1.29, 1.82) is 0 Å². The molecule has 0 heterocycles. The predicted octanol–water partition coefficient (Wildman–Crippen LogP) is -4.07. The summed E-state index contributed by atoms with van der Waals surface area (Å²) in [6.07, 6.45) is 0. The molecular weight excluding hydrogens is 324 g/mol. The normalized spacial score (nSPS) is 9.08. The van der Waals surface area contributed by atoms with E-state index >= 15 is 0 Å². The van der Waals surface area contributed by atoms with E-state index in [1.165, 1.54) is 0 Å². The molecule has 0 aromatic heterocycles. The van der Waals surface area contributed by atoms with Gasteiger partial charge in [0, 0.05) is 0 Å². The van der Waals surface area contributed by atoms with Crippen molar-refractivity contribution in [3.8, 4) is 0 Å². The Kier molecular flexibility index (Phi) is 31.8. The van der Waals surface area contributed by atoms with Crippen LogP contribution < -0.4 is 0 Å². The summed E-state index contributed by atoms with van der Waals surface area (Å²) in [5.74, 6) is 0. The Bertz CT molecular complexity index is 132. The van der Waals surface area contributed by atoms with E-state index < -0.39 is 15.6 Å². The molecule has 0 fully saturated rings. The van der Waals surface area contributed by atoms with Crippen LogP contribution in [0.4, 0.5) is 0 Å². The number of hydrogen-bond donors (Lipinski definition) is 6. The van der Waals surface area contributed by atoms with E-state index in [1.54, 1.807) is 0 Å². The van der Waals surface area contributed by atoms with Gasteiger partial charge < -0.3 is 29.4 Å². The quantitative estimate of drug-likeness (QED) is 0.193. The van der Waals surface area contributed by atoms with E-state index in [0.29, 0.717) is 0 Å². The van der Waals surface area contributed by atoms with E-state index in [0.717, 1.165) is 0 Å². The summed E-state index contributed by atoms with van der Waals surface area (Å²) < 4.78 is 17.8. The first-order valence-electron chi connectivity index (χ1n) is 1.57. The van der Waals surface area contributed by atoms with Crippen molar-refractivity contribution in [1.82, 2.24) is 0 Å². The van der Waals surface area contributed by atoms with Gasteiger partial charge in [-0.1, -0.05) is 0 Å². The van der Waals surface area contributed by atoms with Crippen LogP contribution in [0.2, 0.25) is 0 Å². The molecule has 0 radical (unpaired) electrons. The van der Waals surface area contributed by atoms with E-state index in [1.807, 2.05) is 0 Å². The Morgan fingerprint density at radius 1 is 0.615 bits per heavy atom. The van der Waals surface area contributed by atoms with Gasteiger partial charge in [0.05, 0.1) is 0 Å². The van der Waals surface area contributed by atoms with Crippen LogP contribution >= 0.6 is 15.6 Å². The van der Waals surface area contributed by atoms with Gasteiger partial charge in [0.2, 0.25) is 0 Å². The molecule has 0 atom stereocenters. The van der Waals surface area contributed by atoms with Crippen molar-refractivity contribution in [3.63, 3.8) is 0 Å². The molecular formula is H10Na2O8P2Sr. The first kappa shape index (κ1) is 30.1. The minimum absolute atomic E-state index is 0. The SMILES string of the molecule is O=P(O)(O)O.O=P(O)(O)O.[NaH].[NaH].[SrH2]. The van der Waals surface area contributed by atoms with E-state index in [9.17, 15) is 0 Å². The molecule has 0 aliphatic heterocycles. The van der Waals surface area contributed by atoms with Crippen LogP contribution in [-0.4, -0.2) is 134 Å². The Balaban J connectivity index is -0.0000000267. The summed E-state index contributed by atoms with van der Waals surface area (Å²) in [6.45, 7) is 0. The van der Waals surface area contributed by atoms with Crippen molar-refractivity contribution in [2.75, 3.05) is 0 Å². The molecule has 0 aliphatic rings. The average Bonchev–Trinajstić information content (AvgIpc) is 1.12. The van der Waals surface area contributed by atoms with Gasteiger partial charge in [0.15, 0.2) is 0 Å². The maximum atomic E-state index is 8.88. The molecule has 6 N–H and O–H groups in total. The Hall–Kier alpha value is 3.70. The van der Waals surface area contributed by atoms with Gasteiger partial charge in [0.1, 0.15) is 0 Å². The molecule has 0 rings (SSSR count). The predicted molar refractivity (Wildman–Crippen MR) is 51.4 cm³/mol. The molecule has 0 aromatic carbocycles. The number of rotatable bonds is 0. The van der Waals surface area contributed by atoms with Crippen LogP contribution in [0.1, 0.15) is 0 Å². The van der Waals surface area contributed by atoms with E-state index in [-0.39, 0.29) is 105 Å². The van der Waals surface area contributed by atoms with Gasteiger partial charge in [0.25, 0.3) is 0 Å². The van der Waals surface area contributed by atoms with Gasteiger partial charge in [-0.15, -0.1) is 0 Å². The third-order valence-electron chi connectivity index (χ3n) is 0. The fourth-order valence-electron chi connectivity index (χ4n) is 0. The van der Waals surface area contributed by atoms with Crippen molar-refractivity contribution < 1.29 is 38.5 Å². The molecule has 13 heavy (non-hydrogen) atoms. The van der Waals surface area contributed by atoms with Crippen molar-refractivity contribution in [2.24, 2.45) is 0 Å². The Morgan fingerprint density at radius 2 is 0.615 bits per heavy atom. The van der Waals surface area contributed by atoms with Crippen LogP contribution in [0, 0.1) is 0 Å². The minimum atomic E-state index is -4.64. The molecule has 0 amide bonds. The van der Waals surface area contributed by atoms with Gasteiger partial charge in [-0.05, 0) is 0 Å². The standard InChI is InChI=1S/2Na.2H3O4P.Sr.4H/c;;2*1-5(2,3)4;;;;;/h;;2*(H3,1,2,3,4);;;;;. The second-order valence-corrected chi connectivity index (χ2v) is 3.08. The second kappa shape index (κ2) is 13.8. The van der Waals surface area contributed by atoms with Crippen LogP contribution in [0.3, 0.4) is 0 Å². The zero-order valence-electron chi connectivity index (χ0n) is 4.39. The topological polar surface area (TPSA) is 156 Å². The van der Waals surface area contributed by atoms with Gasteiger partial charge >= 0.3 is 120 Å². The molecule has 0 bridgehead atoms. The van der Waals surface area contributed by atoms with Gasteiger partial charge in [-0.25, -0.2) is 9.13 Å². The third-order valence-corrected chi connectivity index (χ3v) is 0. The molecule has 0 saturated heterocycles. The summed E-state index contributed by atoms with van der Waals surface area (Å²) in [6, 6.07) is 0. The van der Waals surface area contributed by atoms with Crippen LogP contribution in [-0.2, 0) is 9.13 Å². The van der Waals surface area contributed by atoms with Gasteiger partial charge in [-0.2, -0.15) is 0 Å². The van der Waals surface area contributed by atoms with E-state index in [4.69, 9.17) is 38.5 Å². The molecule has 8 nitrogen and oxygen atoms in total. The maximum absolute atomic E-state index is 8.88. The molecule has 0 saturated carbocycles. The fraction of sp³-hybridized carbons (Fsp3) is 0. The first-order valence-corrected chi connectivity index (χ1v) is 4.70. The zero-order chi connectivity index (χ0) is 9.00. The summed E-state index contributed by atoms with van der Waals surface area (Å²) in [5.41, 5.74) is 0. The third kappa shape index (κ3) is 215. The van der Waals surface area contributed by atoms with E-state index in [2.05, 4.69) is 0 Å². The van der Waals surface area contributed by atoms with Crippen molar-refractivity contribution >= 4 is 120 Å². The molecule has 0 unspecified atom stereocenters. The van der Waals surface area contributed by atoms with Crippen LogP contribution in [0.15, 0.2) is 0 Å². The Labute approximate surface area is 155 Å². The molecule has 13 heteroatoms. The summed E-state index contributed by atoms with van der Waals surface area (Å²) in [5, 5.41) is 0. The van der Waals surface area contributed by atoms with Gasteiger partial charge in [-0.3, -0.25) is 0 Å². The first-order chi connectivity index (χ1) is 4.00. The number of hydrogen-bond acceptors (Lipinski definition) is 2. The summed E-state index contributed by atoms with van der Waals surface area (Å²) >= 11 is 0. The molecule has 0 spiro atoms. The monoisotopic (exact) mass is 334 g/mol. The van der Waals surface area contributed by atoms with Crippen LogP contribution in [0.5, 0.6) is 0 Å². The summed E-state index contributed by atoms with van der Waals surface area (Å²) in [4.78, 5) is 43.1. The summed E-state index contributed by atoms with van der Waals surface area (Å²) in [7, 11) is -9.28. The fourth-order valence-corrected chi connectivity index (χ4v) is 0. The Morgan fingerprint density at radius 3 is 0.615 bits per heavy atom. The number of phosphoric acid groups is 2. The van der Waals surface area contributed by atoms with Crippen molar-refractivity contribution in [3.05, 3.63) is 0 Å². The second-order valence-electron chi connectivity index (χ2n) is 1.03. The molecule has 0 aliphatic carbocycles. The van der Waals surface area contributed by atoms with Crippen molar-refractivity contribution in [2.45, 2.75) is 0 Å². The molecule has 0 aromatic rings. The molecule has 72 valence electrons. The zero-order valence-corrected chi connectivity index (χ0v) is 6.18. The van der Waals surface area contributed by atoms with Crippen LogP contribution in [0.25, 0.3) is 0 Å².